The molecular weight excluding hydrogens is 264 g/mol. The van der Waals surface area contributed by atoms with Gasteiger partial charge in [-0.05, 0) is 29.3 Å². The van der Waals surface area contributed by atoms with Gasteiger partial charge in [0.25, 0.3) is 0 Å². The van der Waals surface area contributed by atoms with Crippen molar-refractivity contribution < 1.29 is 9.15 Å². The Morgan fingerprint density at radius 3 is 2.76 bits per heavy atom. The van der Waals surface area contributed by atoms with Crippen molar-refractivity contribution in [2.24, 2.45) is 0 Å². The number of hydrogen-bond acceptors (Lipinski definition) is 3. The van der Waals surface area contributed by atoms with E-state index in [1.165, 1.54) is 12.3 Å². The van der Waals surface area contributed by atoms with Crippen LogP contribution in [0, 0.1) is 0 Å². The number of fused-ring (bicyclic) bond motifs is 1. The molecule has 0 amide bonds. The van der Waals surface area contributed by atoms with E-state index >= 15 is 0 Å². The van der Waals surface area contributed by atoms with Crippen molar-refractivity contribution in [3.63, 3.8) is 0 Å². The fourth-order valence-corrected chi connectivity index (χ4v) is 2.23. The molecule has 3 rings (SSSR count). The van der Waals surface area contributed by atoms with E-state index in [1.54, 1.807) is 13.2 Å². The van der Waals surface area contributed by atoms with Gasteiger partial charge in [0.1, 0.15) is 11.3 Å². The molecule has 0 bridgehead atoms. The van der Waals surface area contributed by atoms with Crippen molar-refractivity contribution in [1.82, 2.24) is 0 Å². The first-order valence-electron chi connectivity index (χ1n) is 6.60. The summed E-state index contributed by atoms with van der Waals surface area (Å²) in [6.07, 6.45) is 5.28. The lowest BCUT2D eigenvalue weighted by atomic mass is 10.1. The van der Waals surface area contributed by atoms with E-state index < -0.39 is 0 Å². The predicted molar refractivity (Wildman–Crippen MR) is 84.4 cm³/mol. The molecule has 0 saturated carbocycles. The molecule has 1 aromatic heterocycles. The number of rotatable bonds is 3. The summed E-state index contributed by atoms with van der Waals surface area (Å²) in [5.74, 6) is 0.801. The highest BCUT2D eigenvalue weighted by atomic mass is 16.5. The highest BCUT2D eigenvalue weighted by Gasteiger charge is 2.03. The van der Waals surface area contributed by atoms with Crippen LogP contribution in [0.1, 0.15) is 11.1 Å². The minimum Gasteiger partial charge on any atom is -0.497 e. The lowest BCUT2D eigenvalue weighted by Crippen LogP contribution is -1.99. The summed E-state index contributed by atoms with van der Waals surface area (Å²) in [5, 5.41) is 0.596. The van der Waals surface area contributed by atoms with Gasteiger partial charge in [-0.25, -0.2) is 0 Å². The fourth-order valence-electron chi connectivity index (χ4n) is 2.23. The molecule has 104 valence electrons. The maximum Gasteiger partial charge on any atom is 0.193 e. The number of methoxy groups -OCH3 is 1. The Kier molecular flexibility index (Phi) is 3.56. The molecule has 0 atom stereocenters. The van der Waals surface area contributed by atoms with E-state index in [0.717, 1.165) is 16.9 Å². The zero-order valence-electron chi connectivity index (χ0n) is 11.6. The first-order chi connectivity index (χ1) is 10.3. The van der Waals surface area contributed by atoms with E-state index in [4.69, 9.17) is 9.15 Å². The molecule has 0 aliphatic carbocycles. The van der Waals surface area contributed by atoms with E-state index in [0.29, 0.717) is 11.0 Å². The van der Waals surface area contributed by atoms with Crippen LogP contribution >= 0.6 is 0 Å². The molecule has 0 saturated heterocycles. The molecule has 0 N–H and O–H groups in total. The summed E-state index contributed by atoms with van der Waals surface area (Å²) in [4.78, 5) is 12.0. The summed E-state index contributed by atoms with van der Waals surface area (Å²) in [5.41, 5.74) is 2.40. The smallest absolute Gasteiger partial charge is 0.193 e. The van der Waals surface area contributed by atoms with Gasteiger partial charge in [-0.2, -0.15) is 0 Å². The maximum atomic E-state index is 12.0. The van der Waals surface area contributed by atoms with Gasteiger partial charge in [0, 0.05) is 6.07 Å². The van der Waals surface area contributed by atoms with E-state index in [9.17, 15) is 4.79 Å². The topological polar surface area (TPSA) is 39.4 Å². The SMILES string of the molecule is COc1cccc(/C=C/c2cccc3occc(=O)c23)c1. The van der Waals surface area contributed by atoms with Gasteiger partial charge < -0.3 is 9.15 Å². The second kappa shape index (κ2) is 5.67. The first kappa shape index (κ1) is 13.2. The summed E-state index contributed by atoms with van der Waals surface area (Å²) >= 11 is 0. The highest BCUT2D eigenvalue weighted by molar-refractivity contribution is 5.89. The van der Waals surface area contributed by atoms with Crippen LogP contribution < -0.4 is 10.2 Å². The molecule has 0 unspecified atom stereocenters. The molecule has 0 aliphatic heterocycles. The Morgan fingerprint density at radius 2 is 1.90 bits per heavy atom. The fraction of sp³-hybridized carbons (Fsp3) is 0.0556. The van der Waals surface area contributed by atoms with Gasteiger partial charge in [0.05, 0.1) is 18.8 Å². The van der Waals surface area contributed by atoms with Crippen LogP contribution in [-0.2, 0) is 0 Å². The first-order valence-corrected chi connectivity index (χ1v) is 6.60. The van der Waals surface area contributed by atoms with Gasteiger partial charge in [-0.15, -0.1) is 0 Å². The molecule has 1 heterocycles. The van der Waals surface area contributed by atoms with Gasteiger partial charge >= 0.3 is 0 Å². The standard InChI is InChI=1S/C18H14O3/c1-20-15-6-2-4-13(12-15)8-9-14-5-3-7-17-18(14)16(19)10-11-21-17/h2-12H,1H3/b9-8+. The van der Waals surface area contributed by atoms with Gasteiger partial charge in [0.2, 0.25) is 0 Å². The second-order valence-corrected chi connectivity index (χ2v) is 4.62. The van der Waals surface area contributed by atoms with Crippen LogP contribution in [0.3, 0.4) is 0 Å². The van der Waals surface area contributed by atoms with Gasteiger partial charge in [0.15, 0.2) is 5.43 Å². The van der Waals surface area contributed by atoms with Crippen molar-refractivity contribution in [3.8, 4) is 5.75 Å². The van der Waals surface area contributed by atoms with Crippen molar-refractivity contribution in [1.29, 1.82) is 0 Å². The molecular formula is C18H14O3. The van der Waals surface area contributed by atoms with Crippen molar-refractivity contribution in [3.05, 3.63) is 76.1 Å². The minimum absolute atomic E-state index is 0.0397. The zero-order chi connectivity index (χ0) is 14.7. The lowest BCUT2D eigenvalue weighted by Gasteiger charge is -2.01. The summed E-state index contributed by atoms with van der Waals surface area (Å²) < 4.78 is 10.6. The zero-order valence-corrected chi connectivity index (χ0v) is 11.6. The Labute approximate surface area is 122 Å². The molecule has 21 heavy (non-hydrogen) atoms. The third-order valence-electron chi connectivity index (χ3n) is 3.27. The molecule has 0 aliphatic rings. The largest absolute Gasteiger partial charge is 0.497 e. The maximum absolute atomic E-state index is 12.0. The third kappa shape index (κ3) is 2.72. The molecule has 0 spiro atoms. The molecule has 0 fully saturated rings. The average Bonchev–Trinajstić information content (AvgIpc) is 2.53. The summed E-state index contributed by atoms with van der Waals surface area (Å²) in [7, 11) is 1.64. The molecule has 3 nitrogen and oxygen atoms in total. The number of benzene rings is 2. The Morgan fingerprint density at radius 1 is 1.05 bits per heavy atom. The van der Waals surface area contributed by atoms with Crippen molar-refractivity contribution >= 4 is 23.1 Å². The summed E-state index contributed by atoms with van der Waals surface area (Å²) in [6.45, 7) is 0. The van der Waals surface area contributed by atoms with Crippen LogP contribution in [0.5, 0.6) is 5.75 Å². The van der Waals surface area contributed by atoms with Gasteiger partial charge in [-0.3, -0.25) is 4.79 Å². The Bertz CT molecular complexity index is 854. The van der Waals surface area contributed by atoms with Crippen LogP contribution in [0.25, 0.3) is 23.1 Å². The third-order valence-corrected chi connectivity index (χ3v) is 3.27. The summed E-state index contributed by atoms with van der Waals surface area (Å²) in [6, 6.07) is 14.7. The number of ether oxygens (including phenoxy) is 1. The minimum atomic E-state index is -0.0397. The van der Waals surface area contributed by atoms with Crippen LogP contribution in [-0.4, -0.2) is 7.11 Å². The molecule has 3 heteroatoms. The van der Waals surface area contributed by atoms with E-state index in [1.807, 2.05) is 48.6 Å². The predicted octanol–water partition coefficient (Wildman–Crippen LogP) is 3.97. The lowest BCUT2D eigenvalue weighted by molar-refractivity contribution is 0.414. The van der Waals surface area contributed by atoms with Crippen LogP contribution in [0.2, 0.25) is 0 Å². The quantitative estimate of drug-likeness (QED) is 0.680. The highest BCUT2D eigenvalue weighted by Crippen LogP contribution is 2.19. The van der Waals surface area contributed by atoms with Crippen LogP contribution in [0.4, 0.5) is 0 Å². The molecule has 2 aromatic carbocycles. The monoisotopic (exact) mass is 278 g/mol. The molecule has 3 aromatic rings. The second-order valence-electron chi connectivity index (χ2n) is 4.62. The number of hydrogen-bond donors (Lipinski definition) is 0. The van der Waals surface area contributed by atoms with Crippen molar-refractivity contribution in [2.45, 2.75) is 0 Å². The average molecular weight is 278 g/mol. The van der Waals surface area contributed by atoms with E-state index in [2.05, 4.69) is 0 Å². The Balaban J connectivity index is 2.05. The Hall–Kier alpha value is -2.81. The van der Waals surface area contributed by atoms with Crippen LogP contribution in [0.15, 0.2) is 64.0 Å². The molecule has 0 radical (unpaired) electrons. The normalized spacial score (nSPS) is 11.1. The van der Waals surface area contributed by atoms with Gasteiger partial charge in [-0.1, -0.05) is 36.4 Å². The van der Waals surface area contributed by atoms with Crippen molar-refractivity contribution in [2.75, 3.05) is 7.11 Å². The van der Waals surface area contributed by atoms with E-state index in [-0.39, 0.29) is 5.43 Å².